The highest BCUT2D eigenvalue weighted by atomic mass is 31.2. The molecule has 45 heteroatoms. The lowest BCUT2D eigenvalue weighted by Crippen LogP contribution is -1.66. The maximum absolute atomic E-state index is 8.88. The van der Waals surface area contributed by atoms with Crippen molar-refractivity contribution in [3.8, 4) is 0 Å². The van der Waals surface area contributed by atoms with Crippen LogP contribution >= 0.6 is 46.9 Å². The summed E-state index contributed by atoms with van der Waals surface area (Å²) in [6.45, 7) is 0. The zero-order valence-corrected chi connectivity index (χ0v) is 29.2. The third-order valence-corrected chi connectivity index (χ3v) is 0. The first-order chi connectivity index (χ1) is 12.0. The molecule has 0 rings (SSSR count). The summed E-state index contributed by atoms with van der Waals surface area (Å²) in [4.78, 5) is 129. The molecule has 312 valence electrons. The topological polar surface area (TPSA) is 992 Å². The van der Waals surface area contributed by atoms with Gasteiger partial charge in [0.15, 0.2) is 0 Å². The van der Waals surface area contributed by atoms with Crippen molar-refractivity contribution in [2.45, 2.75) is 0 Å². The lowest BCUT2D eigenvalue weighted by molar-refractivity contribution is 0.272. The fraction of sp³-hybridized carbons (Fsp3) is 0. The smallest absolute Gasteiger partial charge is 0.344 e. The lowest BCUT2D eigenvalue weighted by Gasteiger charge is -1.82. The van der Waals surface area contributed by atoms with Crippen LogP contribution < -0.4 is 92.3 Å². The lowest BCUT2D eigenvalue weighted by atomic mass is 14.0. The minimum atomic E-state index is -4.64. The predicted octanol–water partition coefficient (Wildman–Crippen LogP) is -3.14. The molecule has 0 fully saturated rings. The Balaban J connectivity index is -0.00000000758. The van der Waals surface area contributed by atoms with E-state index in [1.165, 1.54) is 0 Å². The fourth-order valence-electron chi connectivity index (χ4n) is 0. The van der Waals surface area contributed by atoms with Crippen molar-refractivity contribution in [1.29, 1.82) is 0 Å². The molecule has 0 radical (unpaired) electrons. The van der Waals surface area contributed by atoms with Gasteiger partial charge in [0.25, 0.3) is 0 Å². The molecule has 0 bridgehead atoms. The molecule has 0 atom stereocenters. The van der Waals surface area contributed by atoms with Crippen LogP contribution in [-0.4, -0.2) is 88.1 Å². The minimum absolute atomic E-state index is 0. The average Bonchev–Trinajstić information content (AvgIpc) is 1.94. The van der Waals surface area contributed by atoms with E-state index in [-0.39, 0.29) is 92.3 Å². The van der Waals surface area contributed by atoms with Gasteiger partial charge in [0.05, 0.1) is 0 Å². The summed E-state index contributed by atoms with van der Waals surface area (Å²) in [5.74, 6) is 0. The molecule has 0 aliphatic heterocycles. The Kier molecular flexibility index (Phi) is 211. The van der Waals surface area contributed by atoms with E-state index < -0.39 is 46.9 Å². The summed E-state index contributed by atoms with van der Waals surface area (Å²) in [5.41, 5.74) is 0. The highest BCUT2D eigenvalue weighted by Gasteiger charge is 2.02. The molecule has 0 aromatic heterocycles. The van der Waals surface area contributed by atoms with Crippen LogP contribution in [0.2, 0.25) is 0 Å². The SMILES string of the molecule is N.N.N.N.N.N.N.N.N.N.N.N.N.N.N.O=P(O)(O)O.O=P(O)(O)O.O=P(O)(O)O.O=P(O)(O)O.O=P(O)(O)O.O=P(O)(O)O. The number of hydrogen-bond acceptors (Lipinski definition) is 21. The fourth-order valence-corrected chi connectivity index (χ4v) is 0. The quantitative estimate of drug-likeness (QED) is 0.107. The van der Waals surface area contributed by atoms with Crippen molar-refractivity contribution in [2.24, 2.45) is 0 Å². The minimum Gasteiger partial charge on any atom is -0.344 e. The van der Waals surface area contributed by atoms with Crippen LogP contribution in [0.1, 0.15) is 0 Å². The first-order valence-corrected chi connectivity index (χ1v) is 14.1. The van der Waals surface area contributed by atoms with Gasteiger partial charge in [-0.25, -0.2) is 27.4 Å². The molecule has 0 heterocycles. The highest BCUT2D eigenvalue weighted by Crippen LogP contribution is 2.27. The van der Waals surface area contributed by atoms with E-state index in [1.54, 1.807) is 0 Å². The van der Waals surface area contributed by atoms with Gasteiger partial charge >= 0.3 is 46.9 Å². The van der Waals surface area contributed by atoms with Crippen molar-refractivity contribution in [2.75, 3.05) is 0 Å². The Bertz CT molecular complexity index is 495. The van der Waals surface area contributed by atoms with Gasteiger partial charge in [-0.2, -0.15) is 0 Å². The van der Waals surface area contributed by atoms with E-state index in [0.29, 0.717) is 0 Å². The van der Waals surface area contributed by atoms with Crippen LogP contribution in [0.4, 0.5) is 0 Å². The maximum Gasteiger partial charge on any atom is 0.466 e. The summed E-state index contributed by atoms with van der Waals surface area (Å²) in [7, 11) is -27.8. The molecule has 0 unspecified atom stereocenters. The Morgan fingerprint density at radius 2 is 0.156 bits per heavy atom. The maximum atomic E-state index is 8.88. The van der Waals surface area contributed by atoms with E-state index in [2.05, 4.69) is 0 Å². The first kappa shape index (κ1) is 151. The molecule has 0 saturated carbocycles. The summed E-state index contributed by atoms with van der Waals surface area (Å²) in [6.07, 6.45) is 0. The van der Waals surface area contributed by atoms with Crippen molar-refractivity contribution >= 4 is 46.9 Å². The zero-order valence-electron chi connectivity index (χ0n) is 23.8. The van der Waals surface area contributed by atoms with Crippen LogP contribution in [0.5, 0.6) is 0 Å². The number of hydrogen-bond donors (Lipinski definition) is 33. The van der Waals surface area contributed by atoms with E-state index in [0.717, 1.165) is 0 Å². The van der Waals surface area contributed by atoms with E-state index in [4.69, 9.17) is 115 Å². The molecule has 0 amide bonds. The molecule has 0 aromatic rings. The number of rotatable bonds is 0. The molecule has 0 saturated heterocycles. The van der Waals surface area contributed by atoms with Crippen LogP contribution in [0, 0.1) is 0 Å². The van der Waals surface area contributed by atoms with Crippen LogP contribution in [0.3, 0.4) is 0 Å². The highest BCUT2D eigenvalue weighted by molar-refractivity contribution is 7.46. The Labute approximate surface area is 255 Å². The van der Waals surface area contributed by atoms with Gasteiger partial charge in [0, 0.05) is 0 Å². The van der Waals surface area contributed by atoms with Gasteiger partial charge in [-0.15, -0.1) is 0 Å². The number of phosphoric acid groups is 6. The molecular formula is H63N15O24P6. The molecule has 0 aliphatic carbocycles. The second-order valence-corrected chi connectivity index (χ2v) is 9.24. The van der Waals surface area contributed by atoms with Crippen molar-refractivity contribution in [1.82, 2.24) is 92.3 Å². The average molecular weight is 843 g/mol. The Hall–Kier alpha value is 0.0600. The summed E-state index contributed by atoms with van der Waals surface area (Å²) in [5, 5.41) is 0. The second kappa shape index (κ2) is 62.8. The third kappa shape index (κ3) is 21700000. The van der Waals surface area contributed by atoms with Crippen molar-refractivity contribution in [3.63, 3.8) is 0 Å². The first-order valence-electron chi connectivity index (χ1n) is 4.70. The molecule has 0 aliphatic rings. The third-order valence-electron chi connectivity index (χ3n) is 0. The predicted molar refractivity (Wildman–Crippen MR) is 161 cm³/mol. The van der Waals surface area contributed by atoms with Gasteiger partial charge in [0.1, 0.15) is 0 Å². The normalized spacial score (nSPS) is 7.87. The van der Waals surface area contributed by atoms with Gasteiger partial charge in [-0.05, 0) is 0 Å². The Morgan fingerprint density at radius 1 is 0.156 bits per heavy atom. The Morgan fingerprint density at radius 3 is 0.156 bits per heavy atom. The van der Waals surface area contributed by atoms with Crippen LogP contribution in [0.25, 0.3) is 0 Å². The van der Waals surface area contributed by atoms with E-state index in [9.17, 15) is 0 Å². The summed E-state index contributed by atoms with van der Waals surface area (Å²) < 4.78 is 53.3. The van der Waals surface area contributed by atoms with Crippen LogP contribution in [0.15, 0.2) is 0 Å². The zero-order chi connectivity index (χ0) is 27.0. The molecule has 39 nitrogen and oxygen atoms in total. The molecule has 63 N–H and O–H groups in total. The van der Waals surface area contributed by atoms with Gasteiger partial charge in [0.2, 0.25) is 0 Å². The molecule has 45 heavy (non-hydrogen) atoms. The van der Waals surface area contributed by atoms with Gasteiger partial charge in [-0.1, -0.05) is 0 Å². The standard InChI is InChI=1S/15H3N.6H3O4P/c;;;;;;;;;;;;;;;6*1-5(2,3)4/h15*1H3;6*(H3,1,2,3,4). The monoisotopic (exact) mass is 843 g/mol. The molecule has 0 aromatic carbocycles. The van der Waals surface area contributed by atoms with Crippen molar-refractivity contribution < 1.29 is 115 Å². The van der Waals surface area contributed by atoms with E-state index in [1.807, 2.05) is 0 Å². The van der Waals surface area contributed by atoms with Gasteiger partial charge in [-0.3, -0.25) is 0 Å². The second-order valence-electron chi connectivity index (χ2n) is 3.08. The van der Waals surface area contributed by atoms with Crippen molar-refractivity contribution in [3.05, 3.63) is 0 Å². The van der Waals surface area contributed by atoms with Crippen LogP contribution in [-0.2, 0) is 27.4 Å². The summed E-state index contributed by atoms with van der Waals surface area (Å²) in [6, 6.07) is 0. The molecule has 0 spiro atoms. The largest absolute Gasteiger partial charge is 0.466 e. The summed E-state index contributed by atoms with van der Waals surface area (Å²) >= 11 is 0. The van der Waals surface area contributed by atoms with Gasteiger partial charge < -0.3 is 180 Å². The molecular weight excluding hydrogens is 780 g/mol. The van der Waals surface area contributed by atoms with E-state index >= 15 is 0 Å².